The number of para-hydroxylation sites is 1. The molecule has 1 heterocycles. The molecular formula is C12H15N3O3. The molecule has 1 aliphatic rings. The van der Waals surface area contributed by atoms with Gasteiger partial charge in [0.2, 0.25) is 5.91 Å². The third kappa shape index (κ3) is 3.06. The van der Waals surface area contributed by atoms with Gasteiger partial charge in [0.05, 0.1) is 19.6 Å². The van der Waals surface area contributed by atoms with Crippen molar-refractivity contribution in [1.82, 2.24) is 5.01 Å². The third-order valence-corrected chi connectivity index (χ3v) is 2.64. The molecule has 1 aromatic rings. The number of rotatable bonds is 3. The van der Waals surface area contributed by atoms with Gasteiger partial charge >= 0.3 is 0 Å². The Labute approximate surface area is 105 Å². The molecule has 0 aromatic heterocycles. The molecule has 1 unspecified atom stereocenters. The minimum absolute atomic E-state index is 0.0264. The van der Waals surface area contributed by atoms with Crippen LogP contribution in [0.15, 0.2) is 30.3 Å². The van der Waals surface area contributed by atoms with Crippen molar-refractivity contribution in [3.8, 4) is 0 Å². The van der Waals surface area contributed by atoms with Gasteiger partial charge in [-0.3, -0.25) is 14.6 Å². The zero-order valence-corrected chi connectivity index (χ0v) is 9.83. The zero-order valence-electron chi connectivity index (χ0n) is 9.83. The summed E-state index contributed by atoms with van der Waals surface area (Å²) < 4.78 is 5.24. The Balaban J connectivity index is 1.89. The predicted molar refractivity (Wildman–Crippen MR) is 65.3 cm³/mol. The molecule has 96 valence electrons. The summed E-state index contributed by atoms with van der Waals surface area (Å²) in [5, 5.41) is 3.78. The highest BCUT2D eigenvalue weighted by molar-refractivity contribution is 5.95. The Bertz CT molecular complexity index is 435. The Morgan fingerprint density at radius 3 is 2.89 bits per heavy atom. The van der Waals surface area contributed by atoms with Gasteiger partial charge in [0.25, 0.3) is 5.91 Å². The second-order valence-corrected chi connectivity index (χ2v) is 4.01. The van der Waals surface area contributed by atoms with E-state index in [4.69, 9.17) is 10.6 Å². The van der Waals surface area contributed by atoms with E-state index in [9.17, 15) is 9.59 Å². The first-order valence-electron chi connectivity index (χ1n) is 5.69. The first kappa shape index (κ1) is 12.5. The average molecular weight is 249 g/mol. The van der Waals surface area contributed by atoms with E-state index in [1.807, 2.05) is 18.2 Å². The lowest BCUT2D eigenvalue weighted by molar-refractivity contribution is -0.155. The van der Waals surface area contributed by atoms with E-state index in [1.54, 1.807) is 12.1 Å². The van der Waals surface area contributed by atoms with Gasteiger partial charge in [0, 0.05) is 5.69 Å². The number of nitrogens with one attached hydrogen (secondary N) is 1. The number of carbonyl (C=O) groups is 2. The van der Waals surface area contributed by atoms with Gasteiger partial charge in [-0.05, 0) is 12.1 Å². The monoisotopic (exact) mass is 249 g/mol. The number of nitrogens with two attached hydrogens (primary N) is 1. The van der Waals surface area contributed by atoms with Crippen LogP contribution in [0.5, 0.6) is 0 Å². The lowest BCUT2D eigenvalue weighted by Gasteiger charge is -2.28. The number of ether oxygens (including phenoxy) is 1. The van der Waals surface area contributed by atoms with Gasteiger partial charge in [-0.25, -0.2) is 5.84 Å². The Morgan fingerprint density at radius 1 is 1.44 bits per heavy atom. The van der Waals surface area contributed by atoms with Crippen molar-refractivity contribution in [2.75, 3.05) is 18.5 Å². The number of anilines is 1. The quantitative estimate of drug-likeness (QED) is 0.588. The van der Waals surface area contributed by atoms with Crippen LogP contribution in [0.2, 0.25) is 0 Å². The van der Waals surface area contributed by atoms with Crippen molar-refractivity contribution in [3.05, 3.63) is 30.3 Å². The van der Waals surface area contributed by atoms with Crippen molar-refractivity contribution in [3.63, 3.8) is 0 Å². The Kier molecular flexibility index (Phi) is 3.91. The van der Waals surface area contributed by atoms with Crippen LogP contribution in [-0.2, 0) is 14.3 Å². The van der Waals surface area contributed by atoms with Crippen molar-refractivity contribution < 1.29 is 14.3 Å². The van der Waals surface area contributed by atoms with Crippen molar-refractivity contribution >= 4 is 17.5 Å². The highest BCUT2D eigenvalue weighted by Gasteiger charge is 2.29. The molecule has 1 aromatic carbocycles. The molecule has 1 aliphatic heterocycles. The maximum atomic E-state index is 11.7. The van der Waals surface area contributed by atoms with Crippen LogP contribution in [0.1, 0.15) is 6.42 Å². The molecule has 1 fully saturated rings. The van der Waals surface area contributed by atoms with Crippen molar-refractivity contribution in [2.24, 2.45) is 5.84 Å². The van der Waals surface area contributed by atoms with E-state index in [0.717, 1.165) is 5.01 Å². The molecule has 0 saturated carbocycles. The van der Waals surface area contributed by atoms with Gasteiger partial charge in [0.15, 0.2) is 0 Å². The summed E-state index contributed by atoms with van der Waals surface area (Å²) in [4.78, 5) is 23.3. The van der Waals surface area contributed by atoms with Gasteiger partial charge in [0.1, 0.15) is 6.10 Å². The molecule has 1 atom stereocenters. The molecule has 18 heavy (non-hydrogen) atoms. The normalized spacial score (nSPS) is 19.7. The number of hydrogen-bond donors (Lipinski definition) is 2. The number of hydrogen-bond acceptors (Lipinski definition) is 4. The Hall–Kier alpha value is -1.92. The molecule has 2 amide bonds. The first-order chi connectivity index (χ1) is 8.66. The Morgan fingerprint density at radius 2 is 2.17 bits per heavy atom. The molecule has 0 aliphatic carbocycles. The fourth-order valence-electron chi connectivity index (χ4n) is 1.71. The lowest BCUT2D eigenvalue weighted by atomic mass is 10.2. The van der Waals surface area contributed by atoms with Gasteiger partial charge in [-0.1, -0.05) is 18.2 Å². The van der Waals surface area contributed by atoms with E-state index in [2.05, 4.69) is 5.32 Å². The van der Waals surface area contributed by atoms with Crippen LogP contribution in [0.25, 0.3) is 0 Å². The fourth-order valence-corrected chi connectivity index (χ4v) is 1.71. The number of morpholine rings is 1. The minimum Gasteiger partial charge on any atom is -0.366 e. The van der Waals surface area contributed by atoms with E-state index in [1.165, 1.54) is 0 Å². The van der Waals surface area contributed by atoms with Gasteiger partial charge < -0.3 is 10.1 Å². The highest BCUT2D eigenvalue weighted by atomic mass is 16.5. The molecule has 3 N–H and O–H groups in total. The third-order valence-electron chi connectivity index (χ3n) is 2.64. The van der Waals surface area contributed by atoms with Crippen molar-refractivity contribution in [1.29, 1.82) is 0 Å². The van der Waals surface area contributed by atoms with E-state index >= 15 is 0 Å². The molecule has 2 rings (SSSR count). The standard InChI is InChI=1S/C12H15N3O3/c13-15-6-7-18-10(12(15)17)8-11(16)14-9-4-2-1-3-5-9/h1-5,10H,6-8,13H2,(H,14,16). The van der Waals surface area contributed by atoms with E-state index in [0.29, 0.717) is 18.8 Å². The average Bonchev–Trinajstić information content (AvgIpc) is 2.36. The number of hydrazine groups is 1. The van der Waals surface area contributed by atoms with Crippen LogP contribution in [0.4, 0.5) is 5.69 Å². The molecule has 0 spiro atoms. The number of benzene rings is 1. The predicted octanol–water partition coefficient (Wildman–Crippen LogP) is 0.116. The first-order valence-corrected chi connectivity index (χ1v) is 5.69. The molecule has 0 radical (unpaired) electrons. The van der Waals surface area contributed by atoms with Crippen molar-refractivity contribution in [2.45, 2.75) is 12.5 Å². The maximum Gasteiger partial charge on any atom is 0.266 e. The van der Waals surface area contributed by atoms with Gasteiger partial charge in [-0.15, -0.1) is 0 Å². The van der Waals surface area contributed by atoms with Crippen LogP contribution in [0, 0.1) is 0 Å². The molecular weight excluding hydrogens is 234 g/mol. The van der Waals surface area contributed by atoms with E-state index in [-0.39, 0.29) is 18.2 Å². The summed E-state index contributed by atoms with van der Waals surface area (Å²) >= 11 is 0. The summed E-state index contributed by atoms with van der Waals surface area (Å²) in [6, 6.07) is 9.04. The topological polar surface area (TPSA) is 84.7 Å². The summed E-state index contributed by atoms with van der Waals surface area (Å²) in [5.41, 5.74) is 0.690. The fraction of sp³-hybridized carbons (Fsp3) is 0.333. The SMILES string of the molecule is NN1CCOC(CC(=O)Nc2ccccc2)C1=O. The number of carbonyl (C=O) groups excluding carboxylic acids is 2. The zero-order chi connectivity index (χ0) is 13.0. The van der Waals surface area contributed by atoms with Crippen LogP contribution in [-0.4, -0.2) is 36.1 Å². The van der Waals surface area contributed by atoms with Crippen LogP contribution < -0.4 is 11.2 Å². The lowest BCUT2D eigenvalue weighted by Crippen LogP contribution is -2.52. The van der Waals surface area contributed by atoms with Crippen LogP contribution >= 0.6 is 0 Å². The highest BCUT2D eigenvalue weighted by Crippen LogP contribution is 2.10. The summed E-state index contributed by atoms with van der Waals surface area (Å²) in [6.45, 7) is 0.709. The summed E-state index contributed by atoms with van der Waals surface area (Å²) in [6.07, 6.45) is -0.811. The number of amides is 2. The largest absolute Gasteiger partial charge is 0.366 e. The van der Waals surface area contributed by atoms with Crippen LogP contribution in [0.3, 0.4) is 0 Å². The van der Waals surface area contributed by atoms with Gasteiger partial charge in [-0.2, -0.15) is 0 Å². The second-order valence-electron chi connectivity index (χ2n) is 4.01. The smallest absolute Gasteiger partial charge is 0.266 e. The number of nitrogens with zero attached hydrogens (tertiary/aromatic N) is 1. The molecule has 6 nitrogen and oxygen atoms in total. The molecule has 1 saturated heterocycles. The summed E-state index contributed by atoms with van der Waals surface area (Å²) in [5.74, 6) is 4.84. The maximum absolute atomic E-state index is 11.7. The second kappa shape index (κ2) is 5.61. The minimum atomic E-state index is -0.785. The van der Waals surface area contributed by atoms with E-state index < -0.39 is 6.10 Å². The molecule has 6 heteroatoms. The molecule has 0 bridgehead atoms. The summed E-state index contributed by atoms with van der Waals surface area (Å²) in [7, 11) is 0.